The number of pyridine rings is 1. The molecule has 1 amide bonds. The molecule has 6 nitrogen and oxygen atoms in total. The Bertz CT molecular complexity index is 634. The van der Waals surface area contributed by atoms with Crippen LogP contribution < -0.4 is 5.43 Å². The van der Waals surface area contributed by atoms with Crippen LogP contribution in [0.5, 0.6) is 11.5 Å². The van der Waals surface area contributed by atoms with Crippen LogP contribution >= 0.6 is 0 Å². The molecule has 2 aromatic rings. The number of nitrogens with zero attached hydrogens (tertiary/aromatic N) is 2. The van der Waals surface area contributed by atoms with Crippen molar-refractivity contribution in [3.63, 3.8) is 0 Å². The van der Waals surface area contributed by atoms with Gasteiger partial charge in [-0.15, -0.1) is 0 Å². The highest BCUT2D eigenvalue weighted by atomic mass is 16.3. The number of hydrogen-bond acceptors (Lipinski definition) is 5. The SMILES string of the molecule is CC(=NNC(=O)c1ccncc1)c1c(O)cccc1O. The average Bonchev–Trinajstić information content (AvgIpc) is 2.45. The van der Waals surface area contributed by atoms with Gasteiger partial charge in [-0.3, -0.25) is 9.78 Å². The van der Waals surface area contributed by atoms with Gasteiger partial charge >= 0.3 is 0 Å². The molecule has 1 aromatic heterocycles. The van der Waals surface area contributed by atoms with Gasteiger partial charge in [-0.25, -0.2) is 5.43 Å². The second-order valence-corrected chi connectivity index (χ2v) is 4.05. The van der Waals surface area contributed by atoms with Gasteiger partial charge < -0.3 is 10.2 Å². The highest BCUT2D eigenvalue weighted by Crippen LogP contribution is 2.26. The summed E-state index contributed by atoms with van der Waals surface area (Å²) in [6.45, 7) is 1.57. The highest BCUT2D eigenvalue weighted by molar-refractivity contribution is 6.04. The number of aromatic hydroxyl groups is 2. The summed E-state index contributed by atoms with van der Waals surface area (Å²) < 4.78 is 0. The number of phenols is 2. The van der Waals surface area contributed by atoms with E-state index in [0.29, 0.717) is 11.3 Å². The molecule has 102 valence electrons. The van der Waals surface area contributed by atoms with Crippen molar-refractivity contribution in [2.45, 2.75) is 6.92 Å². The largest absolute Gasteiger partial charge is 0.507 e. The monoisotopic (exact) mass is 271 g/mol. The maximum atomic E-state index is 11.8. The summed E-state index contributed by atoms with van der Waals surface area (Å²) in [5.41, 5.74) is 3.24. The Kier molecular flexibility index (Phi) is 3.95. The molecule has 0 spiro atoms. The van der Waals surface area contributed by atoms with Crippen LogP contribution in [-0.4, -0.2) is 26.8 Å². The lowest BCUT2D eigenvalue weighted by atomic mass is 10.1. The molecule has 0 fully saturated rings. The molecule has 0 unspecified atom stereocenters. The number of nitrogens with one attached hydrogen (secondary N) is 1. The van der Waals surface area contributed by atoms with Crippen molar-refractivity contribution in [3.05, 3.63) is 53.9 Å². The van der Waals surface area contributed by atoms with Gasteiger partial charge in [-0.1, -0.05) is 6.07 Å². The van der Waals surface area contributed by atoms with E-state index in [0.717, 1.165) is 0 Å². The summed E-state index contributed by atoms with van der Waals surface area (Å²) in [5, 5.41) is 23.2. The molecule has 0 saturated heterocycles. The van der Waals surface area contributed by atoms with E-state index in [4.69, 9.17) is 0 Å². The van der Waals surface area contributed by atoms with Gasteiger partial charge in [-0.05, 0) is 31.2 Å². The van der Waals surface area contributed by atoms with E-state index in [1.807, 2.05) is 0 Å². The van der Waals surface area contributed by atoms with Gasteiger partial charge in [0.05, 0.1) is 11.3 Å². The molecule has 0 aliphatic carbocycles. The number of hydrazone groups is 1. The predicted molar refractivity (Wildman–Crippen MR) is 73.7 cm³/mol. The fourth-order valence-electron chi connectivity index (χ4n) is 1.66. The van der Waals surface area contributed by atoms with E-state index < -0.39 is 5.91 Å². The maximum Gasteiger partial charge on any atom is 0.271 e. The Morgan fingerprint density at radius 2 is 1.75 bits per heavy atom. The van der Waals surface area contributed by atoms with E-state index in [2.05, 4.69) is 15.5 Å². The van der Waals surface area contributed by atoms with Crippen LogP contribution in [0.2, 0.25) is 0 Å². The number of carbonyl (C=O) groups is 1. The Morgan fingerprint density at radius 3 is 2.35 bits per heavy atom. The number of aromatic nitrogens is 1. The van der Waals surface area contributed by atoms with Crippen LogP contribution in [-0.2, 0) is 0 Å². The molecule has 1 aromatic carbocycles. The van der Waals surface area contributed by atoms with Crippen LogP contribution in [0.3, 0.4) is 0 Å². The number of hydrogen-bond donors (Lipinski definition) is 3. The van der Waals surface area contributed by atoms with Crippen molar-refractivity contribution in [1.82, 2.24) is 10.4 Å². The number of amides is 1. The number of benzene rings is 1. The lowest BCUT2D eigenvalue weighted by Crippen LogP contribution is -2.19. The first kappa shape index (κ1) is 13.5. The molecule has 0 aliphatic heterocycles. The minimum absolute atomic E-state index is 0.107. The van der Waals surface area contributed by atoms with Gasteiger partial charge in [-0.2, -0.15) is 5.10 Å². The van der Waals surface area contributed by atoms with E-state index in [1.165, 1.54) is 30.6 Å². The van der Waals surface area contributed by atoms with E-state index >= 15 is 0 Å². The molecular formula is C14H13N3O3. The molecular weight excluding hydrogens is 258 g/mol. The number of rotatable bonds is 3. The highest BCUT2D eigenvalue weighted by Gasteiger charge is 2.11. The maximum absolute atomic E-state index is 11.8. The second-order valence-electron chi connectivity index (χ2n) is 4.05. The zero-order valence-corrected chi connectivity index (χ0v) is 10.7. The van der Waals surface area contributed by atoms with Crippen molar-refractivity contribution in [3.8, 4) is 11.5 Å². The van der Waals surface area contributed by atoms with Gasteiger partial charge in [0.1, 0.15) is 11.5 Å². The Balaban J connectivity index is 2.18. The average molecular weight is 271 g/mol. The molecule has 0 atom stereocenters. The van der Waals surface area contributed by atoms with Crippen molar-refractivity contribution in [2.75, 3.05) is 0 Å². The molecule has 0 aliphatic rings. The summed E-state index contributed by atoms with van der Waals surface area (Å²) in [6.07, 6.45) is 3.00. The third-order valence-corrected chi connectivity index (χ3v) is 2.65. The first-order valence-electron chi connectivity index (χ1n) is 5.85. The van der Waals surface area contributed by atoms with Gasteiger partial charge in [0, 0.05) is 18.0 Å². The third-order valence-electron chi connectivity index (χ3n) is 2.65. The Hall–Kier alpha value is -2.89. The minimum Gasteiger partial charge on any atom is -0.507 e. The van der Waals surface area contributed by atoms with Gasteiger partial charge in [0.15, 0.2) is 0 Å². The van der Waals surface area contributed by atoms with E-state index in [9.17, 15) is 15.0 Å². The molecule has 2 rings (SSSR count). The molecule has 0 bridgehead atoms. The smallest absolute Gasteiger partial charge is 0.271 e. The van der Waals surface area contributed by atoms with E-state index in [-0.39, 0.29) is 17.1 Å². The fraction of sp³-hybridized carbons (Fsp3) is 0.0714. The molecule has 0 saturated carbocycles. The van der Waals surface area contributed by atoms with Crippen molar-refractivity contribution >= 4 is 11.6 Å². The molecule has 6 heteroatoms. The molecule has 20 heavy (non-hydrogen) atoms. The zero-order valence-electron chi connectivity index (χ0n) is 10.7. The van der Waals surface area contributed by atoms with E-state index in [1.54, 1.807) is 19.1 Å². The third kappa shape index (κ3) is 2.92. The Morgan fingerprint density at radius 1 is 1.15 bits per heavy atom. The quantitative estimate of drug-likeness (QED) is 0.584. The Labute approximate surface area is 115 Å². The normalized spacial score (nSPS) is 11.2. The first-order valence-corrected chi connectivity index (χ1v) is 5.85. The van der Waals surface area contributed by atoms with Crippen LogP contribution in [0, 0.1) is 0 Å². The number of phenolic OH excluding ortho intramolecular Hbond substituents is 2. The summed E-state index contributed by atoms with van der Waals surface area (Å²) in [5.74, 6) is -0.615. The lowest BCUT2D eigenvalue weighted by Gasteiger charge is -2.07. The van der Waals surface area contributed by atoms with Crippen LogP contribution in [0.15, 0.2) is 47.8 Å². The summed E-state index contributed by atoms with van der Waals surface area (Å²) >= 11 is 0. The topological polar surface area (TPSA) is 94.8 Å². The summed E-state index contributed by atoms with van der Waals surface area (Å²) in [4.78, 5) is 15.6. The van der Waals surface area contributed by atoms with Crippen molar-refractivity contribution in [1.29, 1.82) is 0 Å². The standard InChI is InChI=1S/C14H13N3O3/c1-9(13-11(18)3-2-4-12(13)19)16-17-14(20)10-5-7-15-8-6-10/h2-8,18-19H,1H3,(H,17,20). The van der Waals surface area contributed by atoms with Gasteiger partial charge in [0.25, 0.3) is 5.91 Å². The molecule has 3 N–H and O–H groups in total. The van der Waals surface area contributed by atoms with Gasteiger partial charge in [0.2, 0.25) is 0 Å². The van der Waals surface area contributed by atoms with Crippen LogP contribution in [0.4, 0.5) is 0 Å². The van der Waals surface area contributed by atoms with Crippen molar-refractivity contribution < 1.29 is 15.0 Å². The lowest BCUT2D eigenvalue weighted by molar-refractivity contribution is 0.0954. The van der Waals surface area contributed by atoms with Crippen molar-refractivity contribution in [2.24, 2.45) is 5.10 Å². The fourth-order valence-corrected chi connectivity index (χ4v) is 1.66. The molecule has 1 heterocycles. The van der Waals surface area contributed by atoms with Crippen LogP contribution in [0.25, 0.3) is 0 Å². The summed E-state index contributed by atoms with van der Waals surface area (Å²) in [6, 6.07) is 7.48. The second kappa shape index (κ2) is 5.83. The summed E-state index contributed by atoms with van der Waals surface area (Å²) in [7, 11) is 0. The zero-order chi connectivity index (χ0) is 14.5. The number of carbonyl (C=O) groups excluding carboxylic acids is 1. The van der Waals surface area contributed by atoms with Crippen LogP contribution in [0.1, 0.15) is 22.8 Å². The minimum atomic E-state index is -0.401. The molecule has 0 radical (unpaired) electrons. The predicted octanol–water partition coefficient (Wildman–Crippen LogP) is 1.65. The first-order chi connectivity index (χ1) is 9.59.